The zero-order valence-corrected chi connectivity index (χ0v) is 16.0. The van der Waals surface area contributed by atoms with Gasteiger partial charge in [0.15, 0.2) is 0 Å². The van der Waals surface area contributed by atoms with E-state index in [4.69, 9.17) is 5.10 Å². The summed E-state index contributed by atoms with van der Waals surface area (Å²) in [5, 5.41) is 18.7. The van der Waals surface area contributed by atoms with Gasteiger partial charge in [0.1, 0.15) is 5.82 Å². The van der Waals surface area contributed by atoms with Gasteiger partial charge in [-0.25, -0.2) is 13.9 Å². The van der Waals surface area contributed by atoms with Gasteiger partial charge in [-0.1, -0.05) is 6.07 Å². The van der Waals surface area contributed by atoms with Gasteiger partial charge in [0.25, 0.3) is 0 Å². The minimum atomic E-state index is -0.974. The zero-order chi connectivity index (χ0) is 20.0. The van der Waals surface area contributed by atoms with Crippen LogP contribution in [0.15, 0.2) is 42.5 Å². The van der Waals surface area contributed by atoms with E-state index in [1.165, 1.54) is 38.1 Å². The number of aromatic nitrogens is 2. The number of halogens is 1. The lowest BCUT2D eigenvalue weighted by Gasteiger charge is -2.45. The maximum atomic E-state index is 13.4. The first-order chi connectivity index (χ1) is 14.1. The first-order valence-electron chi connectivity index (χ1n) is 10.1. The predicted molar refractivity (Wildman–Crippen MR) is 108 cm³/mol. The van der Waals surface area contributed by atoms with Crippen LogP contribution in [0.3, 0.4) is 0 Å². The molecule has 0 amide bonds. The minimum absolute atomic E-state index is 0.238. The summed E-state index contributed by atoms with van der Waals surface area (Å²) >= 11 is 0. The van der Waals surface area contributed by atoms with Crippen LogP contribution in [-0.4, -0.2) is 51.4 Å². The number of benzene rings is 2. The van der Waals surface area contributed by atoms with E-state index in [9.17, 15) is 14.3 Å². The number of hydrogen-bond donors (Lipinski definition) is 2. The highest BCUT2D eigenvalue weighted by molar-refractivity contribution is 6.04. The number of fused-ring (bicyclic) bond motifs is 4. The van der Waals surface area contributed by atoms with Gasteiger partial charge < -0.3 is 15.3 Å². The average Bonchev–Trinajstić information content (AvgIpc) is 3.12. The number of hydrogen-bond acceptors (Lipinski definition) is 4. The van der Waals surface area contributed by atoms with Crippen molar-refractivity contribution in [3.8, 4) is 5.69 Å². The molecule has 2 N–H and O–H groups in total. The van der Waals surface area contributed by atoms with E-state index in [0.29, 0.717) is 40.8 Å². The van der Waals surface area contributed by atoms with Gasteiger partial charge in [-0.3, -0.25) is 0 Å². The van der Waals surface area contributed by atoms with Gasteiger partial charge in [0.05, 0.1) is 22.5 Å². The van der Waals surface area contributed by atoms with Crippen LogP contribution in [0, 0.1) is 11.7 Å². The maximum Gasteiger partial charge on any atom is 0.336 e. The van der Waals surface area contributed by atoms with Crippen molar-refractivity contribution < 1.29 is 14.3 Å². The summed E-state index contributed by atoms with van der Waals surface area (Å²) in [6.07, 6.45) is 2.42. The molecule has 0 unspecified atom stereocenters. The van der Waals surface area contributed by atoms with Crippen molar-refractivity contribution in [2.45, 2.75) is 25.4 Å². The van der Waals surface area contributed by atoms with E-state index in [1.54, 1.807) is 28.9 Å². The Kier molecular flexibility index (Phi) is 4.56. The molecule has 3 saturated heterocycles. The molecule has 29 heavy (non-hydrogen) atoms. The standard InChI is InChI=1S/C22H23FN4O2/c23-15-4-6-16(7-5-15)27-20-3-1-2-17(22(28)29)21(20)18(25-27)12-24-19-13-26-10-8-14(19)9-11-26/h1-7,14,19,24H,8-13H2,(H,28,29)/t19-/m0/s1. The van der Waals surface area contributed by atoms with Gasteiger partial charge in [0, 0.05) is 24.5 Å². The van der Waals surface area contributed by atoms with Crippen molar-refractivity contribution in [2.75, 3.05) is 19.6 Å². The van der Waals surface area contributed by atoms with Gasteiger partial charge >= 0.3 is 5.97 Å². The number of carbonyl (C=O) groups is 1. The molecule has 3 aromatic rings. The van der Waals surface area contributed by atoms with E-state index >= 15 is 0 Å². The summed E-state index contributed by atoms with van der Waals surface area (Å²) in [5.74, 6) is -0.622. The second kappa shape index (κ2) is 7.24. The van der Waals surface area contributed by atoms with E-state index < -0.39 is 5.97 Å². The molecular formula is C22H23FN4O2. The average molecular weight is 394 g/mol. The van der Waals surface area contributed by atoms with Crippen LogP contribution in [-0.2, 0) is 6.54 Å². The van der Waals surface area contributed by atoms with Gasteiger partial charge in [-0.15, -0.1) is 0 Å². The van der Waals surface area contributed by atoms with Crippen LogP contribution < -0.4 is 5.32 Å². The molecule has 0 aliphatic carbocycles. The smallest absolute Gasteiger partial charge is 0.336 e. The first-order valence-corrected chi connectivity index (χ1v) is 10.1. The topological polar surface area (TPSA) is 70.4 Å². The molecule has 3 aliphatic heterocycles. The Morgan fingerprint density at radius 1 is 1.17 bits per heavy atom. The molecule has 2 aromatic carbocycles. The zero-order valence-electron chi connectivity index (χ0n) is 16.0. The molecule has 0 spiro atoms. The van der Waals surface area contributed by atoms with E-state index in [1.807, 2.05) is 6.07 Å². The molecule has 2 bridgehead atoms. The number of rotatable bonds is 5. The van der Waals surface area contributed by atoms with Crippen molar-refractivity contribution in [3.63, 3.8) is 0 Å². The van der Waals surface area contributed by atoms with E-state index in [0.717, 1.165) is 6.54 Å². The maximum absolute atomic E-state index is 13.4. The molecule has 7 heteroatoms. The lowest BCUT2D eigenvalue weighted by atomic mass is 9.84. The summed E-state index contributed by atoms with van der Waals surface area (Å²) in [6.45, 7) is 3.89. The van der Waals surface area contributed by atoms with Crippen LogP contribution in [0.25, 0.3) is 16.6 Å². The molecule has 6 rings (SSSR count). The quantitative estimate of drug-likeness (QED) is 0.696. The Balaban J connectivity index is 1.53. The third-order valence-electron chi connectivity index (χ3n) is 6.27. The summed E-state index contributed by atoms with van der Waals surface area (Å²) in [6, 6.07) is 11.7. The fraction of sp³-hybridized carbons (Fsp3) is 0.364. The van der Waals surface area contributed by atoms with Crippen LogP contribution in [0.1, 0.15) is 28.9 Å². The highest BCUT2D eigenvalue weighted by atomic mass is 19.1. The lowest BCUT2D eigenvalue weighted by Crippen LogP contribution is -2.55. The van der Waals surface area contributed by atoms with Crippen LogP contribution >= 0.6 is 0 Å². The lowest BCUT2D eigenvalue weighted by molar-refractivity contribution is 0.0698. The number of aromatic carboxylic acids is 1. The molecular weight excluding hydrogens is 371 g/mol. The molecule has 3 aliphatic rings. The minimum Gasteiger partial charge on any atom is -0.478 e. The molecule has 6 nitrogen and oxygen atoms in total. The third-order valence-corrected chi connectivity index (χ3v) is 6.27. The summed E-state index contributed by atoms with van der Waals surface area (Å²) in [5.41, 5.74) is 2.36. The third kappa shape index (κ3) is 3.30. The van der Waals surface area contributed by atoms with Gasteiger partial charge in [-0.2, -0.15) is 5.10 Å². The van der Waals surface area contributed by atoms with Crippen molar-refractivity contribution in [2.24, 2.45) is 5.92 Å². The second-order valence-electron chi connectivity index (χ2n) is 7.97. The number of piperidine rings is 3. The van der Waals surface area contributed by atoms with Crippen LogP contribution in [0.5, 0.6) is 0 Å². The van der Waals surface area contributed by atoms with E-state index in [2.05, 4.69) is 10.2 Å². The highest BCUT2D eigenvalue weighted by Crippen LogP contribution is 2.29. The Morgan fingerprint density at radius 3 is 2.59 bits per heavy atom. The predicted octanol–water partition coefficient (Wildman–Crippen LogP) is 3.05. The van der Waals surface area contributed by atoms with Crippen LogP contribution in [0.2, 0.25) is 0 Å². The van der Waals surface area contributed by atoms with Gasteiger partial charge in [-0.05, 0) is 68.2 Å². The van der Waals surface area contributed by atoms with Crippen molar-refractivity contribution >= 4 is 16.9 Å². The molecule has 1 aromatic heterocycles. The summed E-state index contributed by atoms with van der Waals surface area (Å²) < 4.78 is 15.1. The largest absolute Gasteiger partial charge is 0.478 e. The van der Waals surface area contributed by atoms with Crippen LogP contribution in [0.4, 0.5) is 4.39 Å². The normalized spacial score (nSPS) is 23.6. The monoisotopic (exact) mass is 394 g/mol. The molecule has 150 valence electrons. The Hall–Kier alpha value is -2.77. The first kappa shape index (κ1) is 18.3. The molecule has 0 radical (unpaired) electrons. The summed E-state index contributed by atoms with van der Waals surface area (Å²) in [7, 11) is 0. The number of nitrogens with zero attached hydrogens (tertiary/aromatic N) is 3. The summed E-state index contributed by atoms with van der Waals surface area (Å²) in [4.78, 5) is 14.3. The number of carboxylic acids is 1. The van der Waals surface area contributed by atoms with Crippen molar-refractivity contribution in [1.82, 2.24) is 20.0 Å². The Bertz CT molecular complexity index is 1050. The fourth-order valence-corrected chi connectivity index (χ4v) is 4.75. The number of carboxylic acid groups (broad SMARTS) is 1. The SMILES string of the molecule is O=C(O)c1cccc2c1c(CN[C@H]1CN3CCC1CC3)nn2-c1ccc(F)cc1. The highest BCUT2D eigenvalue weighted by Gasteiger charge is 2.34. The Labute approximate surface area is 167 Å². The molecule has 3 fully saturated rings. The molecule has 0 saturated carbocycles. The number of nitrogens with one attached hydrogen (secondary N) is 1. The van der Waals surface area contributed by atoms with E-state index in [-0.39, 0.29) is 11.4 Å². The Morgan fingerprint density at radius 2 is 1.93 bits per heavy atom. The van der Waals surface area contributed by atoms with Crippen molar-refractivity contribution in [3.05, 3.63) is 59.5 Å². The molecule has 1 atom stereocenters. The molecule has 4 heterocycles. The second-order valence-corrected chi connectivity index (χ2v) is 7.97. The van der Waals surface area contributed by atoms with Gasteiger partial charge in [0.2, 0.25) is 0 Å². The fourth-order valence-electron chi connectivity index (χ4n) is 4.75. The van der Waals surface area contributed by atoms with Crippen molar-refractivity contribution in [1.29, 1.82) is 0 Å².